The molecule has 0 saturated carbocycles. The van der Waals surface area contributed by atoms with E-state index in [2.05, 4.69) is 14.9 Å². The molecule has 19 heavy (non-hydrogen) atoms. The summed E-state index contributed by atoms with van der Waals surface area (Å²) < 4.78 is 1.75. The van der Waals surface area contributed by atoms with Crippen LogP contribution in [-0.2, 0) is 6.54 Å². The fraction of sp³-hybridized carbons (Fsp3) is 0.583. The normalized spacial score (nSPS) is 16.2. The lowest BCUT2D eigenvalue weighted by Gasteiger charge is -2.25. The van der Waals surface area contributed by atoms with Crippen molar-refractivity contribution in [3.8, 4) is 0 Å². The van der Waals surface area contributed by atoms with Gasteiger partial charge in [-0.05, 0) is 26.2 Å². The molecular weight excluding hydrogens is 264 g/mol. The standard InChI is InChI=1S/C12H16N4O2S/c1-2-16-10(17)8-9(13-11(16)18)14-12(19-8)15-6-4-3-5-7-15/h2-7H2,1H3,(H,13,18). The Hall–Kier alpha value is -1.63. The number of nitrogens with zero attached hydrogens (tertiary/aromatic N) is 3. The fourth-order valence-electron chi connectivity index (χ4n) is 2.43. The van der Waals surface area contributed by atoms with E-state index in [-0.39, 0.29) is 11.2 Å². The minimum absolute atomic E-state index is 0.234. The first-order valence-electron chi connectivity index (χ1n) is 6.59. The van der Waals surface area contributed by atoms with E-state index in [9.17, 15) is 9.59 Å². The first-order valence-corrected chi connectivity index (χ1v) is 7.41. The molecule has 6 nitrogen and oxygen atoms in total. The third kappa shape index (κ3) is 2.07. The molecule has 0 unspecified atom stereocenters. The maximum Gasteiger partial charge on any atom is 0.330 e. The van der Waals surface area contributed by atoms with Crippen LogP contribution >= 0.6 is 11.3 Å². The predicted octanol–water partition coefficient (Wildman–Crippen LogP) is 1.16. The van der Waals surface area contributed by atoms with Crippen LogP contribution in [-0.4, -0.2) is 27.6 Å². The number of hydrogen-bond donors (Lipinski definition) is 1. The van der Waals surface area contributed by atoms with Gasteiger partial charge in [-0.3, -0.25) is 14.3 Å². The molecule has 7 heteroatoms. The van der Waals surface area contributed by atoms with Crippen molar-refractivity contribution >= 4 is 26.8 Å². The van der Waals surface area contributed by atoms with Gasteiger partial charge >= 0.3 is 5.69 Å². The lowest BCUT2D eigenvalue weighted by Crippen LogP contribution is -2.33. The molecule has 1 fully saturated rings. The second-order valence-electron chi connectivity index (χ2n) is 4.70. The Bertz CT molecular complexity index is 709. The van der Waals surface area contributed by atoms with Crippen LogP contribution in [0, 0.1) is 0 Å². The second kappa shape index (κ2) is 4.80. The van der Waals surface area contributed by atoms with Gasteiger partial charge in [-0.25, -0.2) is 9.78 Å². The quantitative estimate of drug-likeness (QED) is 0.896. The SMILES string of the molecule is CCn1c(=O)[nH]c2nc(N3CCCCC3)sc2c1=O. The van der Waals surface area contributed by atoms with Gasteiger partial charge in [0, 0.05) is 19.6 Å². The van der Waals surface area contributed by atoms with E-state index in [0.717, 1.165) is 31.1 Å². The molecule has 3 heterocycles. The first kappa shape index (κ1) is 12.4. The Morgan fingerprint density at radius 1 is 1.26 bits per heavy atom. The highest BCUT2D eigenvalue weighted by molar-refractivity contribution is 7.22. The Morgan fingerprint density at radius 3 is 2.68 bits per heavy atom. The van der Waals surface area contributed by atoms with Crippen molar-refractivity contribution in [1.82, 2.24) is 14.5 Å². The summed E-state index contributed by atoms with van der Waals surface area (Å²) in [5.74, 6) is 0. The number of fused-ring (bicyclic) bond motifs is 1. The number of anilines is 1. The molecule has 2 aromatic rings. The van der Waals surface area contributed by atoms with E-state index >= 15 is 0 Å². The molecule has 1 aliphatic heterocycles. The van der Waals surface area contributed by atoms with Crippen molar-refractivity contribution in [2.75, 3.05) is 18.0 Å². The maximum atomic E-state index is 12.2. The minimum Gasteiger partial charge on any atom is -0.348 e. The minimum atomic E-state index is -0.379. The molecule has 0 spiro atoms. The maximum absolute atomic E-state index is 12.2. The lowest BCUT2D eigenvalue weighted by molar-refractivity contribution is 0.577. The number of aromatic amines is 1. The van der Waals surface area contributed by atoms with Crippen molar-refractivity contribution in [3.05, 3.63) is 20.8 Å². The third-order valence-electron chi connectivity index (χ3n) is 3.47. The number of H-pyrrole nitrogens is 1. The third-order valence-corrected chi connectivity index (χ3v) is 4.57. The van der Waals surface area contributed by atoms with Crippen LogP contribution in [0.4, 0.5) is 5.13 Å². The van der Waals surface area contributed by atoms with Crippen molar-refractivity contribution in [3.63, 3.8) is 0 Å². The van der Waals surface area contributed by atoms with Gasteiger partial charge in [0.15, 0.2) is 10.8 Å². The van der Waals surface area contributed by atoms with Crippen molar-refractivity contribution in [2.45, 2.75) is 32.7 Å². The molecule has 2 aromatic heterocycles. The Morgan fingerprint density at radius 2 is 2.00 bits per heavy atom. The van der Waals surface area contributed by atoms with Crippen LogP contribution in [0.3, 0.4) is 0 Å². The molecule has 0 atom stereocenters. The van der Waals surface area contributed by atoms with Gasteiger partial charge in [-0.15, -0.1) is 0 Å². The van der Waals surface area contributed by atoms with Gasteiger partial charge in [0.05, 0.1) is 0 Å². The predicted molar refractivity (Wildman–Crippen MR) is 76.2 cm³/mol. The molecule has 0 amide bonds. The number of aromatic nitrogens is 3. The summed E-state index contributed by atoms with van der Waals surface area (Å²) in [6.45, 7) is 4.12. The van der Waals surface area contributed by atoms with Gasteiger partial charge in [-0.2, -0.15) is 0 Å². The summed E-state index contributed by atoms with van der Waals surface area (Å²) in [6.07, 6.45) is 3.57. The number of nitrogens with one attached hydrogen (secondary N) is 1. The number of hydrogen-bond acceptors (Lipinski definition) is 5. The lowest BCUT2D eigenvalue weighted by atomic mass is 10.1. The number of thiazole rings is 1. The summed E-state index contributed by atoms with van der Waals surface area (Å²) in [4.78, 5) is 33.2. The Kier molecular flexibility index (Phi) is 3.14. The topological polar surface area (TPSA) is 71.0 Å². The fourth-order valence-corrected chi connectivity index (χ4v) is 3.45. The molecule has 1 N–H and O–H groups in total. The average molecular weight is 280 g/mol. The van der Waals surface area contributed by atoms with Crippen LogP contribution in [0.15, 0.2) is 9.59 Å². The number of piperidine rings is 1. The van der Waals surface area contributed by atoms with E-state index in [0.29, 0.717) is 16.9 Å². The zero-order valence-corrected chi connectivity index (χ0v) is 11.6. The average Bonchev–Trinajstić information content (AvgIpc) is 2.84. The van der Waals surface area contributed by atoms with Gasteiger partial charge < -0.3 is 4.90 Å². The first-order chi connectivity index (χ1) is 9.20. The zero-order chi connectivity index (χ0) is 13.4. The van der Waals surface area contributed by atoms with E-state index < -0.39 is 0 Å². The molecule has 1 aliphatic rings. The van der Waals surface area contributed by atoms with Crippen molar-refractivity contribution in [2.24, 2.45) is 0 Å². The highest BCUT2D eigenvalue weighted by atomic mass is 32.1. The molecule has 0 bridgehead atoms. The van der Waals surface area contributed by atoms with E-state index in [4.69, 9.17) is 0 Å². The van der Waals surface area contributed by atoms with Crippen LogP contribution in [0.25, 0.3) is 10.3 Å². The largest absolute Gasteiger partial charge is 0.348 e. The van der Waals surface area contributed by atoms with E-state index in [1.807, 2.05) is 0 Å². The smallest absolute Gasteiger partial charge is 0.330 e. The summed E-state index contributed by atoms with van der Waals surface area (Å²) in [6, 6.07) is 0. The summed E-state index contributed by atoms with van der Waals surface area (Å²) in [5.41, 5.74) is -0.192. The molecule has 1 saturated heterocycles. The number of rotatable bonds is 2. The van der Waals surface area contributed by atoms with Crippen LogP contribution in [0.1, 0.15) is 26.2 Å². The van der Waals surface area contributed by atoms with Gasteiger partial charge in [0.2, 0.25) is 0 Å². The van der Waals surface area contributed by atoms with Crippen LogP contribution in [0.5, 0.6) is 0 Å². The second-order valence-corrected chi connectivity index (χ2v) is 5.68. The van der Waals surface area contributed by atoms with E-state index in [1.165, 1.54) is 22.3 Å². The van der Waals surface area contributed by atoms with Gasteiger partial charge in [0.1, 0.15) is 4.70 Å². The van der Waals surface area contributed by atoms with Gasteiger partial charge in [-0.1, -0.05) is 11.3 Å². The molecule has 3 rings (SSSR count). The highest BCUT2D eigenvalue weighted by Gasteiger charge is 2.18. The molecule has 102 valence electrons. The van der Waals surface area contributed by atoms with Crippen molar-refractivity contribution < 1.29 is 0 Å². The molecule has 0 aromatic carbocycles. The summed E-state index contributed by atoms with van der Waals surface area (Å²) in [5, 5.41) is 0.844. The molecular formula is C12H16N4O2S. The molecule has 0 aliphatic carbocycles. The van der Waals surface area contributed by atoms with Crippen LogP contribution in [0.2, 0.25) is 0 Å². The summed E-state index contributed by atoms with van der Waals surface area (Å²) >= 11 is 1.38. The highest BCUT2D eigenvalue weighted by Crippen LogP contribution is 2.27. The summed E-state index contributed by atoms with van der Waals surface area (Å²) in [7, 11) is 0. The Labute approximate surface area is 113 Å². The zero-order valence-electron chi connectivity index (χ0n) is 10.8. The van der Waals surface area contributed by atoms with Crippen LogP contribution < -0.4 is 16.1 Å². The van der Waals surface area contributed by atoms with Crippen molar-refractivity contribution in [1.29, 1.82) is 0 Å². The Balaban J connectivity index is 2.12. The monoisotopic (exact) mass is 280 g/mol. The molecule has 0 radical (unpaired) electrons. The van der Waals surface area contributed by atoms with E-state index in [1.54, 1.807) is 6.92 Å². The van der Waals surface area contributed by atoms with Gasteiger partial charge in [0.25, 0.3) is 5.56 Å².